The molecule has 3 aromatic rings. The molecule has 1 aliphatic rings. The maximum Gasteiger partial charge on any atom is 0.363 e. The number of esters is 1. The van der Waals surface area contributed by atoms with Crippen molar-refractivity contribution in [3.63, 3.8) is 0 Å². The van der Waals surface area contributed by atoms with Crippen LogP contribution < -0.4 is 4.90 Å². The molecule has 6 nitrogen and oxygen atoms in total. The number of nitrogens with zero attached hydrogens (tertiary/aromatic N) is 3. The lowest BCUT2D eigenvalue weighted by Gasteiger charge is -2.17. The van der Waals surface area contributed by atoms with Crippen LogP contribution in [0.1, 0.15) is 18.2 Å². The molecule has 144 valence electrons. The van der Waals surface area contributed by atoms with Crippen molar-refractivity contribution < 1.29 is 14.3 Å². The van der Waals surface area contributed by atoms with E-state index in [2.05, 4.69) is 25.9 Å². The summed E-state index contributed by atoms with van der Waals surface area (Å²) in [5, 5.41) is 2.28. The predicted molar refractivity (Wildman–Crippen MR) is 116 cm³/mol. The lowest BCUT2D eigenvalue weighted by molar-refractivity contribution is -0.130. The second-order valence-corrected chi connectivity index (χ2v) is 7.84. The van der Waals surface area contributed by atoms with Crippen molar-refractivity contribution in [2.24, 2.45) is 4.99 Å². The number of aliphatic imine (C=N–C) groups is 1. The van der Waals surface area contributed by atoms with Crippen LogP contribution in [0.4, 0.5) is 10.8 Å². The van der Waals surface area contributed by atoms with E-state index < -0.39 is 5.97 Å². The maximum absolute atomic E-state index is 12.2. The van der Waals surface area contributed by atoms with Crippen LogP contribution in [0.2, 0.25) is 0 Å². The number of hydrogen-bond acceptors (Lipinski definition) is 6. The van der Waals surface area contributed by atoms with E-state index in [9.17, 15) is 9.59 Å². The van der Waals surface area contributed by atoms with Crippen molar-refractivity contribution in [1.82, 2.24) is 4.98 Å². The molecular weight excluding hydrogens is 454 g/mol. The van der Waals surface area contributed by atoms with Crippen LogP contribution in [0, 0.1) is 0 Å². The Balaban J connectivity index is 1.63. The minimum Gasteiger partial charge on any atom is -0.402 e. The van der Waals surface area contributed by atoms with Gasteiger partial charge in [0.1, 0.15) is 0 Å². The van der Waals surface area contributed by atoms with E-state index >= 15 is 0 Å². The topological polar surface area (TPSA) is 71.9 Å². The molecule has 0 unspecified atom stereocenters. The van der Waals surface area contributed by atoms with Gasteiger partial charge in [0.15, 0.2) is 10.8 Å². The van der Waals surface area contributed by atoms with Gasteiger partial charge in [0.05, 0.1) is 11.4 Å². The lowest BCUT2D eigenvalue weighted by Crippen LogP contribution is -2.22. The largest absolute Gasteiger partial charge is 0.402 e. The minimum absolute atomic E-state index is 0.153. The summed E-state index contributed by atoms with van der Waals surface area (Å²) in [5.74, 6) is -0.450. The first-order valence-electron chi connectivity index (χ1n) is 8.61. The summed E-state index contributed by atoms with van der Waals surface area (Å²) < 4.78 is 6.14. The van der Waals surface area contributed by atoms with Crippen molar-refractivity contribution >= 4 is 61.9 Å². The number of benzene rings is 2. The summed E-state index contributed by atoms with van der Waals surface area (Å²) in [4.78, 5) is 34.7. The van der Waals surface area contributed by atoms with Crippen LogP contribution in [0.5, 0.6) is 0 Å². The highest BCUT2D eigenvalue weighted by molar-refractivity contribution is 9.10. The average Bonchev–Trinajstić information content (AvgIpc) is 3.30. The first-order chi connectivity index (χ1) is 14.0. The van der Waals surface area contributed by atoms with Crippen LogP contribution in [0.15, 0.2) is 75.1 Å². The Hall–Kier alpha value is -3.10. The lowest BCUT2D eigenvalue weighted by atomic mass is 10.2. The van der Waals surface area contributed by atoms with Gasteiger partial charge in [-0.15, -0.1) is 11.3 Å². The highest BCUT2D eigenvalue weighted by Gasteiger charge is 2.25. The number of para-hydroxylation sites is 1. The molecule has 0 spiro atoms. The standard InChI is InChI=1S/C21H14BrN3O3S/c1-13(26)25(17-8-3-2-4-9-17)21-23-16(12-29-21)11-18-20(27)28-19(24-18)14-6-5-7-15(22)10-14/h2-12H,1H3/b18-11+. The van der Waals surface area contributed by atoms with Gasteiger partial charge >= 0.3 is 5.97 Å². The van der Waals surface area contributed by atoms with Gasteiger partial charge in [-0.1, -0.05) is 40.2 Å². The Morgan fingerprint density at radius 3 is 2.69 bits per heavy atom. The Kier molecular flexibility index (Phi) is 5.37. The minimum atomic E-state index is -0.541. The average molecular weight is 468 g/mol. The fraction of sp³-hybridized carbons (Fsp3) is 0.0476. The van der Waals surface area contributed by atoms with E-state index in [0.29, 0.717) is 16.4 Å². The summed E-state index contributed by atoms with van der Waals surface area (Å²) in [6.07, 6.45) is 1.55. The molecule has 1 amide bonds. The quantitative estimate of drug-likeness (QED) is 0.402. The van der Waals surface area contributed by atoms with Gasteiger partial charge in [0.25, 0.3) is 0 Å². The molecule has 0 radical (unpaired) electrons. The first kappa shape index (κ1) is 19.2. The van der Waals surface area contributed by atoms with Crippen LogP contribution in [0.3, 0.4) is 0 Å². The molecule has 0 aliphatic carbocycles. The SMILES string of the molecule is CC(=O)N(c1ccccc1)c1nc(/C=C2/N=C(c3cccc(Br)c3)OC2=O)cs1. The van der Waals surface area contributed by atoms with Crippen molar-refractivity contribution in [3.8, 4) is 0 Å². The van der Waals surface area contributed by atoms with Gasteiger partial charge in [-0.2, -0.15) is 0 Å². The van der Waals surface area contributed by atoms with E-state index in [-0.39, 0.29) is 17.5 Å². The fourth-order valence-electron chi connectivity index (χ4n) is 2.74. The molecule has 0 N–H and O–H groups in total. The predicted octanol–water partition coefficient (Wildman–Crippen LogP) is 4.93. The second kappa shape index (κ2) is 8.10. The van der Waals surface area contributed by atoms with Crippen LogP contribution >= 0.6 is 27.3 Å². The highest BCUT2D eigenvalue weighted by Crippen LogP contribution is 2.30. The van der Waals surface area contributed by atoms with E-state index in [1.807, 2.05) is 54.6 Å². The zero-order chi connectivity index (χ0) is 20.4. The number of carbonyl (C=O) groups is 2. The summed E-state index contributed by atoms with van der Waals surface area (Å²) in [6.45, 7) is 1.48. The van der Waals surface area contributed by atoms with Crippen LogP contribution in [-0.4, -0.2) is 22.8 Å². The normalized spacial score (nSPS) is 14.6. The number of ether oxygens (including phenoxy) is 1. The fourth-order valence-corrected chi connectivity index (χ4v) is 3.99. The summed E-state index contributed by atoms with van der Waals surface area (Å²) in [5.41, 5.74) is 2.11. The van der Waals surface area contributed by atoms with Gasteiger partial charge < -0.3 is 4.74 Å². The summed E-state index contributed by atoms with van der Waals surface area (Å²) in [7, 11) is 0. The molecule has 1 aliphatic heterocycles. The van der Waals surface area contributed by atoms with E-state index in [1.165, 1.54) is 23.2 Å². The van der Waals surface area contributed by atoms with Crippen LogP contribution in [0.25, 0.3) is 6.08 Å². The molecule has 4 rings (SSSR count). The summed E-state index contributed by atoms with van der Waals surface area (Å²) >= 11 is 4.70. The number of halogens is 1. The van der Waals surface area contributed by atoms with Crippen LogP contribution in [-0.2, 0) is 14.3 Å². The maximum atomic E-state index is 12.2. The number of thiazole rings is 1. The van der Waals surface area contributed by atoms with Crippen molar-refractivity contribution in [2.45, 2.75) is 6.92 Å². The van der Waals surface area contributed by atoms with Crippen molar-refractivity contribution in [3.05, 3.63) is 81.4 Å². The Labute approximate surface area is 179 Å². The van der Waals surface area contributed by atoms with Gasteiger partial charge in [-0.3, -0.25) is 9.69 Å². The molecule has 29 heavy (non-hydrogen) atoms. The zero-order valence-electron chi connectivity index (χ0n) is 15.2. The van der Waals surface area contributed by atoms with E-state index in [0.717, 1.165) is 10.2 Å². The first-order valence-corrected chi connectivity index (χ1v) is 10.3. The summed E-state index contributed by atoms with van der Waals surface area (Å²) in [6, 6.07) is 16.6. The number of anilines is 2. The van der Waals surface area contributed by atoms with Gasteiger partial charge in [-0.05, 0) is 36.4 Å². The molecule has 2 aromatic carbocycles. The van der Waals surface area contributed by atoms with Gasteiger partial charge in [0, 0.05) is 22.3 Å². The smallest absolute Gasteiger partial charge is 0.363 e. The van der Waals surface area contributed by atoms with E-state index in [4.69, 9.17) is 4.74 Å². The van der Waals surface area contributed by atoms with Crippen molar-refractivity contribution in [2.75, 3.05) is 4.90 Å². The van der Waals surface area contributed by atoms with E-state index in [1.54, 1.807) is 11.5 Å². The second-order valence-electron chi connectivity index (χ2n) is 6.09. The molecular formula is C21H14BrN3O3S. The third-order valence-electron chi connectivity index (χ3n) is 4.01. The third kappa shape index (κ3) is 4.18. The third-order valence-corrected chi connectivity index (χ3v) is 5.34. The molecule has 1 aromatic heterocycles. The molecule has 0 fully saturated rings. The number of hydrogen-bond donors (Lipinski definition) is 0. The molecule has 0 bridgehead atoms. The number of amides is 1. The molecule has 0 saturated heterocycles. The van der Waals surface area contributed by atoms with Gasteiger partial charge in [0.2, 0.25) is 11.8 Å². The zero-order valence-corrected chi connectivity index (χ0v) is 17.6. The molecule has 8 heteroatoms. The highest BCUT2D eigenvalue weighted by atomic mass is 79.9. The number of carbonyl (C=O) groups excluding carboxylic acids is 2. The Morgan fingerprint density at radius 1 is 1.17 bits per heavy atom. The molecule has 2 heterocycles. The monoisotopic (exact) mass is 467 g/mol. The van der Waals surface area contributed by atoms with Crippen molar-refractivity contribution in [1.29, 1.82) is 0 Å². The number of aromatic nitrogens is 1. The Bertz CT molecular complexity index is 1150. The molecule has 0 atom stereocenters. The number of cyclic esters (lactones) is 1. The Morgan fingerprint density at radius 2 is 1.97 bits per heavy atom. The molecule has 0 saturated carbocycles. The number of rotatable bonds is 4. The van der Waals surface area contributed by atoms with Gasteiger partial charge in [-0.25, -0.2) is 14.8 Å².